The molecule has 1 atom stereocenters. The van der Waals surface area contributed by atoms with Crippen LogP contribution in [0.2, 0.25) is 0 Å². The second-order valence-electron chi connectivity index (χ2n) is 4.00. The van der Waals surface area contributed by atoms with E-state index in [-0.39, 0.29) is 0 Å². The SMILES string of the molecule is CCCc1c(NN)ncnc1NCCCS(C)=O. The van der Waals surface area contributed by atoms with Gasteiger partial charge in [-0.2, -0.15) is 0 Å². The first-order chi connectivity index (χ1) is 8.69. The van der Waals surface area contributed by atoms with Gasteiger partial charge in [-0.05, 0) is 12.8 Å². The van der Waals surface area contributed by atoms with Gasteiger partial charge in [0.1, 0.15) is 18.0 Å². The van der Waals surface area contributed by atoms with Crippen molar-refractivity contribution in [2.75, 3.05) is 29.3 Å². The second-order valence-corrected chi connectivity index (χ2v) is 5.56. The molecule has 0 aliphatic rings. The van der Waals surface area contributed by atoms with Crippen LogP contribution >= 0.6 is 0 Å². The molecule has 7 heteroatoms. The molecule has 1 rings (SSSR count). The van der Waals surface area contributed by atoms with Gasteiger partial charge in [0.15, 0.2) is 0 Å². The van der Waals surface area contributed by atoms with E-state index < -0.39 is 10.8 Å². The van der Waals surface area contributed by atoms with E-state index in [0.29, 0.717) is 11.6 Å². The van der Waals surface area contributed by atoms with E-state index in [1.165, 1.54) is 6.33 Å². The topological polar surface area (TPSA) is 92.9 Å². The predicted octanol–water partition coefficient (Wildman–Crippen LogP) is 0.895. The molecule has 4 N–H and O–H groups in total. The molecular weight excluding hydrogens is 250 g/mol. The minimum Gasteiger partial charge on any atom is -0.370 e. The zero-order valence-corrected chi connectivity index (χ0v) is 11.7. The van der Waals surface area contributed by atoms with E-state index >= 15 is 0 Å². The fourth-order valence-electron chi connectivity index (χ4n) is 1.66. The summed E-state index contributed by atoms with van der Waals surface area (Å²) in [6.45, 7) is 2.84. The summed E-state index contributed by atoms with van der Waals surface area (Å²) in [5.74, 6) is 7.60. The molecule has 18 heavy (non-hydrogen) atoms. The van der Waals surface area contributed by atoms with Crippen LogP contribution in [0.25, 0.3) is 0 Å². The molecule has 0 bridgehead atoms. The molecule has 0 fully saturated rings. The number of aromatic nitrogens is 2. The Bertz CT molecular complexity index is 399. The van der Waals surface area contributed by atoms with Crippen molar-refractivity contribution in [3.63, 3.8) is 0 Å². The average molecular weight is 271 g/mol. The fourth-order valence-corrected chi connectivity index (χ4v) is 2.21. The summed E-state index contributed by atoms with van der Waals surface area (Å²) < 4.78 is 11.0. The summed E-state index contributed by atoms with van der Waals surface area (Å²) in [5.41, 5.74) is 3.59. The number of nitrogens with two attached hydrogens (primary N) is 1. The molecule has 0 radical (unpaired) electrons. The number of anilines is 2. The molecule has 0 aliphatic carbocycles. The Kier molecular flexibility index (Phi) is 6.59. The zero-order chi connectivity index (χ0) is 13.4. The lowest BCUT2D eigenvalue weighted by atomic mass is 10.1. The van der Waals surface area contributed by atoms with Crippen LogP contribution in [-0.4, -0.2) is 32.7 Å². The largest absolute Gasteiger partial charge is 0.370 e. The maximum atomic E-state index is 11.0. The third kappa shape index (κ3) is 4.58. The van der Waals surface area contributed by atoms with Crippen molar-refractivity contribution in [2.45, 2.75) is 26.2 Å². The van der Waals surface area contributed by atoms with E-state index in [4.69, 9.17) is 5.84 Å². The quantitative estimate of drug-likeness (QED) is 0.369. The first kappa shape index (κ1) is 14.8. The Hall–Kier alpha value is -1.21. The summed E-state index contributed by atoms with van der Waals surface area (Å²) in [7, 11) is -0.743. The monoisotopic (exact) mass is 271 g/mol. The molecule has 0 aliphatic heterocycles. The Balaban J connectivity index is 2.65. The van der Waals surface area contributed by atoms with Gasteiger partial charge in [0.2, 0.25) is 0 Å². The van der Waals surface area contributed by atoms with Crippen LogP contribution in [0.15, 0.2) is 6.33 Å². The third-order valence-electron chi connectivity index (χ3n) is 2.48. The van der Waals surface area contributed by atoms with E-state index in [2.05, 4.69) is 27.6 Å². The van der Waals surface area contributed by atoms with E-state index in [1.54, 1.807) is 6.26 Å². The first-order valence-corrected chi connectivity index (χ1v) is 7.76. The second kappa shape index (κ2) is 7.99. The van der Waals surface area contributed by atoms with Crippen LogP contribution in [0.5, 0.6) is 0 Å². The van der Waals surface area contributed by atoms with Crippen LogP contribution in [0.3, 0.4) is 0 Å². The normalized spacial score (nSPS) is 12.2. The molecule has 0 spiro atoms. The number of nitrogen functional groups attached to an aromatic ring is 1. The Morgan fingerprint density at radius 1 is 1.39 bits per heavy atom. The number of rotatable bonds is 8. The number of hydrogen-bond donors (Lipinski definition) is 3. The van der Waals surface area contributed by atoms with Gasteiger partial charge in [0.25, 0.3) is 0 Å². The highest BCUT2D eigenvalue weighted by atomic mass is 32.2. The smallest absolute Gasteiger partial charge is 0.148 e. The van der Waals surface area contributed by atoms with Crippen LogP contribution in [0, 0.1) is 0 Å². The number of nitrogens with one attached hydrogen (secondary N) is 2. The minimum absolute atomic E-state index is 0.661. The van der Waals surface area contributed by atoms with Crippen molar-refractivity contribution in [3.05, 3.63) is 11.9 Å². The lowest BCUT2D eigenvalue weighted by Gasteiger charge is -2.13. The van der Waals surface area contributed by atoms with Crippen molar-refractivity contribution >= 4 is 22.4 Å². The minimum atomic E-state index is -0.743. The molecule has 0 saturated heterocycles. The first-order valence-electron chi connectivity index (χ1n) is 6.03. The summed E-state index contributed by atoms with van der Waals surface area (Å²) >= 11 is 0. The predicted molar refractivity (Wildman–Crippen MR) is 75.9 cm³/mol. The van der Waals surface area contributed by atoms with Gasteiger partial charge in [-0.3, -0.25) is 4.21 Å². The molecule has 1 heterocycles. The van der Waals surface area contributed by atoms with Crippen LogP contribution in [0.4, 0.5) is 11.6 Å². The van der Waals surface area contributed by atoms with Gasteiger partial charge in [-0.15, -0.1) is 0 Å². The van der Waals surface area contributed by atoms with Gasteiger partial charge >= 0.3 is 0 Å². The maximum Gasteiger partial charge on any atom is 0.148 e. The van der Waals surface area contributed by atoms with Crippen molar-refractivity contribution in [1.82, 2.24) is 9.97 Å². The van der Waals surface area contributed by atoms with Crippen molar-refractivity contribution in [3.8, 4) is 0 Å². The molecule has 1 aromatic heterocycles. The third-order valence-corrected chi connectivity index (χ3v) is 3.35. The molecule has 0 aromatic carbocycles. The average Bonchev–Trinajstić information content (AvgIpc) is 2.36. The molecule has 102 valence electrons. The van der Waals surface area contributed by atoms with Gasteiger partial charge in [-0.1, -0.05) is 13.3 Å². The maximum absolute atomic E-state index is 11.0. The lowest BCUT2D eigenvalue weighted by Crippen LogP contribution is -2.15. The van der Waals surface area contributed by atoms with Crippen LogP contribution in [0.1, 0.15) is 25.3 Å². The van der Waals surface area contributed by atoms with Crippen molar-refractivity contribution in [1.29, 1.82) is 0 Å². The van der Waals surface area contributed by atoms with E-state index in [0.717, 1.165) is 37.2 Å². The van der Waals surface area contributed by atoms with Crippen molar-refractivity contribution < 1.29 is 4.21 Å². The van der Waals surface area contributed by atoms with Gasteiger partial charge < -0.3 is 10.7 Å². The zero-order valence-electron chi connectivity index (χ0n) is 10.9. The Morgan fingerprint density at radius 3 is 2.72 bits per heavy atom. The fraction of sp³-hybridized carbons (Fsp3) is 0.636. The van der Waals surface area contributed by atoms with E-state index in [1.807, 2.05) is 0 Å². The number of hydrazine groups is 1. The van der Waals surface area contributed by atoms with E-state index in [9.17, 15) is 4.21 Å². The van der Waals surface area contributed by atoms with Crippen LogP contribution in [-0.2, 0) is 17.2 Å². The summed E-state index contributed by atoms with van der Waals surface area (Å²) in [5, 5.41) is 3.25. The standard InChI is InChI=1S/C11H21N5OS/c1-3-5-9-10(13-6-4-7-18(2)17)14-8-15-11(9)16-12/h8H,3-7,12H2,1-2H3,(H2,13,14,15,16). The molecule has 1 aromatic rings. The highest BCUT2D eigenvalue weighted by Crippen LogP contribution is 2.20. The van der Waals surface area contributed by atoms with Gasteiger partial charge in [0, 0.05) is 34.9 Å². The molecule has 1 unspecified atom stereocenters. The highest BCUT2D eigenvalue weighted by molar-refractivity contribution is 7.84. The van der Waals surface area contributed by atoms with Gasteiger partial charge in [0.05, 0.1) is 0 Å². The van der Waals surface area contributed by atoms with Crippen molar-refractivity contribution in [2.24, 2.45) is 5.84 Å². The molecule has 0 amide bonds. The number of nitrogens with zero attached hydrogens (tertiary/aromatic N) is 2. The Labute approximate surface area is 110 Å². The number of hydrogen-bond acceptors (Lipinski definition) is 6. The van der Waals surface area contributed by atoms with Gasteiger partial charge in [-0.25, -0.2) is 15.8 Å². The van der Waals surface area contributed by atoms with Crippen LogP contribution < -0.4 is 16.6 Å². The lowest BCUT2D eigenvalue weighted by molar-refractivity contribution is 0.685. The Morgan fingerprint density at radius 2 is 2.11 bits per heavy atom. The molecule has 6 nitrogen and oxygen atoms in total. The highest BCUT2D eigenvalue weighted by Gasteiger charge is 2.09. The molecule has 0 saturated carbocycles. The molecular formula is C11H21N5OS. The summed E-state index contributed by atoms with van der Waals surface area (Å²) in [4.78, 5) is 8.33. The summed E-state index contributed by atoms with van der Waals surface area (Å²) in [6.07, 6.45) is 5.90. The summed E-state index contributed by atoms with van der Waals surface area (Å²) in [6, 6.07) is 0.